The quantitative estimate of drug-likeness (QED) is 0.577. The first-order chi connectivity index (χ1) is 14.4. The molecule has 0 unspecified atom stereocenters. The highest BCUT2D eigenvalue weighted by Crippen LogP contribution is 2.47. The SMILES string of the molecule is N#CC1=C(N)OC2=C(C(=O)C[C@@H](c3cccc(Cl)c3)C2)[C@H]1c1ccc([N+](=O)[O-])cc1. The number of benzene rings is 2. The number of nitriles is 1. The van der Waals surface area contributed by atoms with E-state index in [1.807, 2.05) is 24.3 Å². The molecule has 1 heterocycles. The number of nitrogens with two attached hydrogens (primary N) is 1. The summed E-state index contributed by atoms with van der Waals surface area (Å²) in [5.41, 5.74) is 7.94. The van der Waals surface area contributed by atoms with E-state index < -0.39 is 10.8 Å². The molecular weight excluding hydrogens is 406 g/mol. The monoisotopic (exact) mass is 421 g/mol. The Bertz CT molecular complexity index is 1160. The topological polar surface area (TPSA) is 119 Å². The van der Waals surface area contributed by atoms with Gasteiger partial charge in [-0.3, -0.25) is 14.9 Å². The molecule has 150 valence electrons. The molecule has 1 aliphatic carbocycles. The molecule has 2 atom stereocenters. The summed E-state index contributed by atoms with van der Waals surface area (Å²) in [5, 5.41) is 21.2. The zero-order chi connectivity index (χ0) is 21.4. The maximum absolute atomic E-state index is 13.2. The van der Waals surface area contributed by atoms with E-state index in [0.29, 0.717) is 28.3 Å². The van der Waals surface area contributed by atoms with Crippen molar-refractivity contribution in [1.29, 1.82) is 5.26 Å². The molecule has 2 N–H and O–H groups in total. The highest BCUT2D eigenvalue weighted by Gasteiger charge is 2.41. The number of allylic oxidation sites excluding steroid dienone is 3. The second kappa shape index (κ2) is 7.65. The highest BCUT2D eigenvalue weighted by molar-refractivity contribution is 6.30. The molecule has 30 heavy (non-hydrogen) atoms. The number of non-ortho nitro benzene ring substituents is 1. The Balaban J connectivity index is 1.77. The lowest BCUT2D eigenvalue weighted by Gasteiger charge is -2.34. The number of nitro benzene ring substituents is 1. The second-order valence-corrected chi connectivity index (χ2v) is 7.63. The van der Waals surface area contributed by atoms with E-state index in [9.17, 15) is 20.2 Å². The van der Waals surface area contributed by atoms with Crippen LogP contribution in [0.3, 0.4) is 0 Å². The Morgan fingerprint density at radius 2 is 1.90 bits per heavy atom. The summed E-state index contributed by atoms with van der Waals surface area (Å²) in [5.74, 6) is -0.615. The molecule has 2 aromatic carbocycles. The van der Waals surface area contributed by atoms with Crippen molar-refractivity contribution >= 4 is 23.1 Å². The van der Waals surface area contributed by atoms with Gasteiger partial charge in [0.1, 0.15) is 17.4 Å². The number of hydrogen-bond donors (Lipinski definition) is 1. The molecule has 0 amide bonds. The number of halogens is 1. The first-order valence-corrected chi connectivity index (χ1v) is 9.60. The average molecular weight is 422 g/mol. The van der Waals surface area contributed by atoms with E-state index in [4.69, 9.17) is 22.1 Å². The fourth-order valence-corrected chi connectivity index (χ4v) is 4.22. The third-order valence-electron chi connectivity index (χ3n) is 5.42. The third kappa shape index (κ3) is 3.42. The summed E-state index contributed by atoms with van der Waals surface area (Å²) in [7, 11) is 0. The van der Waals surface area contributed by atoms with E-state index in [-0.39, 0.29) is 35.3 Å². The minimum Gasteiger partial charge on any atom is -0.444 e. The van der Waals surface area contributed by atoms with Gasteiger partial charge in [0.15, 0.2) is 5.78 Å². The van der Waals surface area contributed by atoms with Crippen LogP contribution in [0.15, 0.2) is 71.3 Å². The number of hydrogen-bond acceptors (Lipinski definition) is 6. The molecule has 0 radical (unpaired) electrons. The van der Waals surface area contributed by atoms with Crippen molar-refractivity contribution in [2.24, 2.45) is 5.73 Å². The summed E-state index contributed by atoms with van der Waals surface area (Å²) in [6, 6.07) is 15.1. The fourth-order valence-electron chi connectivity index (χ4n) is 4.03. The zero-order valence-corrected chi connectivity index (χ0v) is 16.4. The molecule has 0 saturated carbocycles. The first-order valence-electron chi connectivity index (χ1n) is 9.22. The number of rotatable bonds is 3. The van der Waals surface area contributed by atoms with Crippen LogP contribution in [0.4, 0.5) is 5.69 Å². The van der Waals surface area contributed by atoms with Gasteiger partial charge in [-0.1, -0.05) is 35.9 Å². The number of nitrogens with zero attached hydrogens (tertiary/aromatic N) is 2. The van der Waals surface area contributed by atoms with Crippen molar-refractivity contribution < 1.29 is 14.5 Å². The number of Topliss-reactive ketones (excluding diaryl/α,β-unsaturated/α-hetero) is 1. The summed E-state index contributed by atoms with van der Waals surface area (Å²) >= 11 is 6.10. The van der Waals surface area contributed by atoms with Crippen molar-refractivity contribution in [3.63, 3.8) is 0 Å². The number of carbonyl (C=O) groups is 1. The van der Waals surface area contributed by atoms with E-state index in [1.165, 1.54) is 12.1 Å². The summed E-state index contributed by atoms with van der Waals surface area (Å²) in [4.78, 5) is 23.6. The van der Waals surface area contributed by atoms with Crippen LogP contribution in [0.2, 0.25) is 5.02 Å². The molecular formula is C22H16ClN3O4. The second-order valence-electron chi connectivity index (χ2n) is 7.19. The van der Waals surface area contributed by atoms with Crippen LogP contribution in [0.1, 0.15) is 35.8 Å². The Kier molecular flexibility index (Phi) is 5.02. The van der Waals surface area contributed by atoms with Crippen molar-refractivity contribution in [2.75, 3.05) is 0 Å². The average Bonchev–Trinajstić information content (AvgIpc) is 2.72. The number of nitro groups is 1. The van der Waals surface area contributed by atoms with Crippen LogP contribution < -0.4 is 5.73 Å². The van der Waals surface area contributed by atoms with Gasteiger partial charge >= 0.3 is 0 Å². The van der Waals surface area contributed by atoms with Crippen molar-refractivity contribution in [1.82, 2.24) is 0 Å². The molecule has 0 fully saturated rings. The Labute approximate surface area is 177 Å². The molecule has 0 bridgehead atoms. The lowest BCUT2D eigenvalue weighted by Crippen LogP contribution is -2.29. The molecule has 4 rings (SSSR count). The molecule has 7 nitrogen and oxygen atoms in total. The van der Waals surface area contributed by atoms with Gasteiger partial charge in [0.2, 0.25) is 5.88 Å². The van der Waals surface area contributed by atoms with Gasteiger partial charge < -0.3 is 10.5 Å². The molecule has 8 heteroatoms. The van der Waals surface area contributed by atoms with Crippen LogP contribution in [0.25, 0.3) is 0 Å². The molecule has 0 spiro atoms. The maximum atomic E-state index is 13.2. The van der Waals surface area contributed by atoms with Gasteiger partial charge in [0.25, 0.3) is 5.69 Å². The van der Waals surface area contributed by atoms with Crippen molar-refractivity contribution in [3.05, 3.63) is 97.6 Å². The summed E-state index contributed by atoms with van der Waals surface area (Å²) in [6.07, 6.45) is 0.676. The third-order valence-corrected chi connectivity index (χ3v) is 5.65. The highest BCUT2D eigenvalue weighted by atomic mass is 35.5. The van der Waals surface area contributed by atoms with Gasteiger partial charge in [-0.25, -0.2) is 0 Å². The summed E-state index contributed by atoms with van der Waals surface area (Å²) < 4.78 is 5.71. The van der Waals surface area contributed by atoms with E-state index in [0.717, 1.165) is 5.56 Å². The predicted octanol–water partition coefficient (Wildman–Crippen LogP) is 4.46. The van der Waals surface area contributed by atoms with Crippen LogP contribution in [0.5, 0.6) is 0 Å². The minimum atomic E-state index is -0.715. The van der Waals surface area contributed by atoms with E-state index >= 15 is 0 Å². The Hall–Kier alpha value is -3.63. The number of ketones is 1. The van der Waals surface area contributed by atoms with Crippen molar-refractivity contribution in [2.45, 2.75) is 24.7 Å². The predicted molar refractivity (Wildman–Crippen MR) is 109 cm³/mol. The Morgan fingerprint density at radius 3 is 2.53 bits per heavy atom. The number of carbonyl (C=O) groups excluding carboxylic acids is 1. The number of ether oxygens (including phenoxy) is 1. The van der Waals surface area contributed by atoms with E-state index in [1.54, 1.807) is 18.2 Å². The minimum absolute atomic E-state index is 0.0563. The Morgan fingerprint density at radius 1 is 1.17 bits per heavy atom. The van der Waals surface area contributed by atoms with Crippen molar-refractivity contribution in [3.8, 4) is 6.07 Å². The van der Waals surface area contributed by atoms with Gasteiger partial charge in [0.05, 0.1) is 10.8 Å². The molecule has 0 saturated heterocycles. The van der Waals surface area contributed by atoms with Crippen LogP contribution in [0, 0.1) is 21.4 Å². The normalized spacial score (nSPS) is 21.0. The van der Waals surface area contributed by atoms with Crippen LogP contribution >= 0.6 is 11.6 Å². The lowest BCUT2D eigenvalue weighted by molar-refractivity contribution is -0.384. The smallest absolute Gasteiger partial charge is 0.269 e. The standard InChI is InChI=1S/C22H16ClN3O4/c23-15-3-1-2-13(8-15)14-9-18(27)21-19(10-14)30-22(25)17(11-24)20(21)12-4-6-16(7-5-12)26(28)29/h1-8,14,20H,9-10,25H2/t14-,20+/m1/s1. The first kappa shape index (κ1) is 19.7. The van der Waals surface area contributed by atoms with Crippen LogP contribution in [-0.2, 0) is 9.53 Å². The molecule has 1 aliphatic heterocycles. The fraction of sp³-hybridized carbons (Fsp3) is 0.182. The summed E-state index contributed by atoms with van der Waals surface area (Å²) in [6.45, 7) is 0. The van der Waals surface area contributed by atoms with Crippen LogP contribution in [-0.4, -0.2) is 10.7 Å². The lowest BCUT2D eigenvalue weighted by atomic mass is 9.73. The van der Waals surface area contributed by atoms with Gasteiger partial charge in [-0.05, 0) is 29.2 Å². The van der Waals surface area contributed by atoms with Gasteiger partial charge in [0, 0.05) is 35.6 Å². The molecule has 2 aromatic rings. The van der Waals surface area contributed by atoms with Gasteiger partial charge in [-0.2, -0.15) is 5.26 Å². The van der Waals surface area contributed by atoms with Gasteiger partial charge in [-0.15, -0.1) is 0 Å². The molecule has 0 aromatic heterocycles. The van der Waals surface area contributed by atoms with E-state index in [2.05, 4.69) is 0 Å². The zero-order valence-electron chi connectivity index (χ0n) is 15.7. The largest absolute Gasteiger partial charge is 0.444 e. The maximum Gasteiger partial charge on any atom is 0.269 e. The molecule has 2 aliphatic rings.